The van der Waals surface area contributed by atoms with Crippen molar-refractivity contribution in [3.63, 3.8) is 0 Å². The molecule has 0 radical (unpaired) electrons. The SMILES string of the molecule is Cc1ccccc1C(C)(CO)Nc1ccc(F)cc1. The number of hydrogen-bond donors (Lipinski definition) is 2. The van der Waals surface area contributed by atoms with Crippen LogP contribution in [-0.4, -0.2) is 11.7 Å². The second-order valence-electron chi connectivity index (χ2n) is 4.94. The predicted molar refractivity (Wildman–Crippen MR) is 75.6 cm³/mol. The van der Waals surface area contributed by atoms with Gasteiger partial charge in [0.05, 0.1) is 12.1 Å². The highest BCUT2D eigenvalue weighted by Gasteiger charge is 2.26. The fraction of sp³-hybridized carbons (Fsp3) is 0.250. The van der Waals surface area contributed by atoms with Crippen LogP contribution in [-0.2, 0) is 5.54 Å². The lowest BCUT2D eigenvalue weighted by Crippen LogP contribution is -2.36. The van der Waals surface area contributed by atoms with E-state index < -0.39 is 5.54 Å². The summed E-state index contributed by atoms with van der Waals surface area (Å²) in [5.41, 5.74) is 2.32. The molecule has 0 amide bonds. The fourth-order valence-electron chi connectivity index (χ4n) is 2.24. The number of anilines is 1. The molecule has 0 aromatic heterocycles. The van der Waals surface area contributed by atoms with Gasteiger partial charge in [-0.25, -0.2) is 4.39 Å². The lowest BCUT2D eigenvalue weighted by molar-refractivity contribution is 0.223. The topological polar surface area (TPSA) is 32.3 Å². The van der Waals surface area contributed by atoms with E-state index in [4.69, 9.17) is 0 Å². The third-order valence-electron chi connectivity index (χ3n) is 3.32. The second-order valence-corrected chi connectivity index (χ2v) is 4.94. The molecule has 0 aliphatic rings. The van der Waals surface area contributed by atoms with Crippen molar-refractivity contribution in [3.05, 3.63) is 65.5 Å². The maximum atomic E-state index is 12.9. The molecule has 0 spiro atoms. The van der Waals surface area contributed by atoms with E-state index in [1.54, 1.807) is 12.1 Å². The van der Waals surface area contributed by atoms with Gasteiger partial charge >= 0.3 is 0 Å². The first-order valence-corrected chi connectivity index (χ1v) is 6.26. The van der Waals surface area contributed by atoms with Crippen LogP contribution in [0.5, 0.6) is 0 Å². The number of benzene rings is 2. The highest BCUT2D eigenvalue weighted by Crippen LogP contribution is 2.28. The van der Waals surface area contributed by atoms with E-state index in [2.05, 4.69) is 5.32 Å². The number of aliphatic hydroxyl groups is 1. The second kappa shape index (κ2) is 5.41. The van der Waals surface area contributed by atoms with E-state index in [-0.39, 0.29) is 12.4 Å². The molecule has 0 heterocycles. The first kappa shape index (κ1) is 13.6. The Balaban J connectivity index is 2.33. The van der Waals surface area contributed by atoms with Gasteiger partial charge in [-0.1, -0.05) is 24.3 Å². The molecule has 1 atom stereocenters. The van der Waals surface area contributed by atoms with Crippen molar-refractivity contribution >= 4 is 5.69 Å². The number of halogens is 1. The van der Waals surface area contributed by atoms with E-state index in [9.17, 15) is 9.50 Å². The minimum Gasteiger partial charge on any atom is -0.394 e. The van der Waals surface area contributed by atoms with Gasteiger partial charge in [0.1, 0.15) is 5.82 Å². The van der Waals surface area contributed by atoms with E-state index in [1.807, 2.05) is 38.1 Å². The number of nitrogens with one attached hydrogen (secondary N) is 1. The van der Waals surface area contributed by atoms with Crippen LogP contribution in [0.4, 0.5) is 10.1 Å². The van der Waals surface area contributed by atoms with Gasteiger partial charge in [0.15, 0.2) is 0 Å². The van der Waals surface area contributed by atoms with Crippen LogP contribution in [0.25, 0.3) is 0 Å². The van der Waals surface area contributed by atoms with Gasteiger partial charge in [-0.15, -0.1) is 0 Å². The summed E-state index contributed by atoms with van der Waals surface area (Å²) in [4.78, 5) is 0. The van der Waals surface area contributed by atoms with E-state index in [0.717, 1.165) is 16.8 Å². The summed E-state index contributed by atoms with van der Waals surface area (Å²) in [6.07, 6.45) is 0. The van der Waals surface area contributed by atoms with Crippen LogP contribution in [0.1, 0.15) is 18.1 Å². The van der Waals surface area contributed by atoms with Gasteiger partial charge in [-0.2, -0.15) is 0 Å². The summed E-state index contributed by atoms with van der Waals surface area (Å²) in [5.74, 6) is -0.271. The zero-order valence-electron chi connectivity index (χ0n) is 11.2. The summed E-state index contributed by atoms with van der Waals surface area (Å²) in [6.45, 7) is 3.89. The molecule has 0 saturated carbocycles. The highest BCUT2D eigenvalue weighted by molar-refractivity contribution is 5.49. The summed E-state index contributed by atoms with van der Waals surface area (Å²) < 4.78 is 12.9. The quantitative estimate of drug-likeness (QED) is 0.881. The molecule has 3 heteroatoms. The van der Waals surface area contributed by atoms with Crippen molar-refractivity contribution in [2.24, 2.45) is 0 Å². The lowest BCUT2D eigenvalue weighted by Gasteiger charge is -2.32. The number of aliphatic hydroxyl groups excluding tert-OH is 1. The average Bonchev–Trinajstić information content (AvgIpc) is 2.42. The summed E-state index contributed by atoms with van der Waals surface area (Å²) in [5, 5.41) is 13.0. The molecule has 0 saturated heterocycles. The Labute approximate surface area is 112 Å². The van der Waals surface area contributed by atoms with Gasteiger partial charge < -0.3 is 10.4 Å². The number of rotatable bonds is 4. The summed E-state index contributed by atoms with van der Waals surface area (Å²) in [7, 11) is 0. The third kappa shape index (κ3) is 2.93. The Morgan fingerprint density at radius 2 is 1.74 bits per heavy atom. The van der Waals surface area contributed by atoms with Crippen LogP contribution in [0.2, 0.25) is 0 Å². The number of hydrogen-bond acceptors (Lipinski definition) is 2. The minimum atomic E-state index is -0.594. The molecule has 19 heavy (non-hydrogen) atoms. The van der Waals surface area contributed by atoms with Gasteiger partial charge in [-0.3, -0.25) is 0 Å². The molecule has 2 nitrogen and oxygen atoms in total. The number of aryl methyl sites for hydroxylation is 1. The van der Waals surface area contributed by atoms with Crippen LogP contribution >= 0.6 is 0 Å². The van der Waals surface area contributed by atoms with Crippen molar-refractivity contribution in [1.29, 1.82) is 0 Å². The molecule has 0 fully saturated rings. The molecule has 100 valence electrons. The standard InChI is InChI=1S/C16H18FNO/c1-12-5-3-4-6-15(12)16(2,11-19)18-14-9-7-13(17)8-10-14/h3-10,18-19H,11H2,1-2H3. The first-order valence-electron chi connectivity index (χ1n) is 6.26. The Morgan fingerprint density at radius 1 is 1.11 bits per heavy atom. The van der Waals surface area contributed by atoms with Crippen molar-refractivity contribution in [3.8, 4) is 0 Å². The summed E-state index contributed by atoms with van der Waals surface area (Å²) in [6, 6.07) is 14.0. The minimum absolute atomic E-state index is 0.0464. The fourth-order valence-corrected chi connectivity index (χ4v) is 2.24. The lowest BCUT2D eigenvalue weighted by atomic mass is 9.89. The Kier molecular flexibility index (Phi) is 3.86. The van der Waals surface area contributed by atoms with Gasteiger partial charge in [0, 0.05) is 5.69 Å². The Morgan fingerprint density at radius 3 is 2.32 bits per heavy atom. The molecule has 1 unspecified atom stereocenters. The largest absolute Gasteiger partial charge is 0.394 e. The molecule has 2 aromatic carbocycles. The predicted octanol–water partition coefficient (Wildman–Crippen LogP) is 3.45. The van der Waals surface area contributed by atoms with Crippen molar-refractivity contribution in [2.45, 2.75) is 19.4 Å². The smallest absolute Gasteiger partial charge is 0.123 e. The molecule has 2 aromatic rings. The van der Waals surface area contributed by atoms with Crippen LogP contribution in [0.3, 0.4) is 0 Å². The molecular formula is C16H18FNO. The van der Waals surface area contributed by atoms with Gasteiger partial charge in [0.25, 0.3) is 0 Å². The zero-order valence-corrected chi connectivity index (χ0v) is 11.2. The molecule has 2 rings (SSSR count). The van der Waals surface area contributed by atoms with Crippen molar-refractivity contribution < 1.29 is 9.50 Å². The zero-order chi connectivity index (χ0) is 13.9. The third-order valence-corrected chi connectivity index (χ3v) is 3.32. The Bertz CT molecular complexity index is 553. The van der Waals surface area contributed by atoms with Gasteiger partial charge in [0.2, 0.25) is 0 Å². The van der Waals surface area contributed by atoms with Crippen molar-refractivity contribution in [1.82, 2.24) is 0 Å². The van der Waals surface area contributed by atoms with Crippen LogP contribution < -0.4 is 5.32 Å². The Hall–Kier alpha value is -1.87. The average molecular weight is 259 g/mol. The normalized spacial score (nSPS) is 13.9. The first-order chi connectivity index (χ1) is 9.05. The molecular weight excluding hydrogens is 241 g/mol. The molecule has 0 bridgehead atoms. The van der Waals surface area contributed by atoms with Crippen LogP contribution in [0, 0.1) is 12.7 Å². The molecule has 0 aliphatic carbocycles. The van der Waals surface area contributed by atoms with Crippen molar-refractivity contribution in [2.75, 3.05) is 11.9 Å². The van der Waals surface area contributed by atoms with E-state index >= 15 is 0 Å². The van der Waals surface area contributed by atoms with Crippen LogP contribution in [0.15, 0.2) is 48.5 Å². The molecule has 2 N–H and O–H groups in total. The maximum absolute atomic E-state index is 12.9. The van der Waals surface area contributed by atoms with E-state index in [1.165, 1.54) is 12.1 Å². The van der Waals surface area contributed by atoms with Gasteiger partial charge in [-0.05, 0) is 49.2 Å². The maximum Gasteiger partial charge on any atom is 0.123 e. The highest BCUT2D eigenvalue weighted by atomic mass is 19.1. The summed E-state index contributed by atoms with van der Waals surface area (Å²) >= 11 is 0. The van der Waals surface area contributed by atoms with E-state index in [0.29, 0.717) is 0 Å². The molecule has 0 aliphatic heterocycles. The monoisotopic (exact) mass is 259 g/mol.